The number of halogens is 1. The summed E-state index contributed by atoms with van der Waals surface area (Å²) in [6.07, 6.45) is 1.65. The summed E-state index contributed by atoms with van der Waals surface area (Å²) in [5.41, 5.74) is 3.63. The average molecular weight is 463 g/mol. The van der Waals surface area contributed by atoms with Gasteiger partial charge >= 0.3 is 0 Å². The molecule has 0 aliphatic carbocycles. The Balaban J connectivity index is 1.84. The number of thiocarbonyl (C=S) groups is 1. The van der Waals surface area contributed by atoms with Crippen LogP contribution in [-0.4, -0.2) is 34.4 Å². The molecule has 0 unspecified atom stereocenters. The van der Waals surface area contributed by atoms with E-state index in [9.17, 15) is 9.59 Å². The van der Waals surface area contributed by atoms with Crippen LogP contribution in [0, 0.1) is 0 Å². The van der Waals surface area contributed by atoms with Crippen molar-refractivity contribution in [1.29, 1.82) is 0 Å². The van der Waals surface area contributed by atoms with Gasteiger partial charge in [-0.25, -0.2) is 0 Å². The number of hydrazine groups is 1. The van der Waals surface area contributed by atoms with E-state index in [1.165, 1.54) is 0 Å². The minimum Gasteiger partial charge on any atom is -0.490 e. The number of nitrogens with one attached hydrogen (secondary N) is 1. The third kappa shape index (κ3) is 4.95. The first kappa shape index (κ1) is 22.1. The number of nitrogens with zero attached hydrogens (tertiary/aromatic N) is 1. The Morgan fingerprint density at radius 2 is 1.90 bits per heavy atom. The molecule has 0 spiro atoms. The fourth-order valence-electron chi connectivity index (χ4n) is 2.69. The Kier molecular flexibility index (Phi) is 7.36. The standard InChI is InChI=1S/C21H19ClN2O4S2/c1-3-27-16-11-13(10-15(22)18(16)28-4-2)12-17-20(26)24(21(29)30-17)23-19(25)14-8-6-5-7-9-14/h5-12H,3-4H2,1-2H3,(H,23,25)/b17-12+. The summed E-state index contributed by atoms with van der Waals surface area (Å²) in [7, 11) is 0. The van der Waals surface area contributed by atoms with Crippen molar-refractivity contribution < 1.29 is 19.1 Å². The topological polar surface area (TPSA) is 67.9 Å². The summed E-state index contributed by atoms with van der Waals surface area (Å²) < 4.78 is 11.4. The Hall–Kier alpha value is -2.55. The summed E-state index contributed by atoms with van der Waals surface area (Å²) in [4.78, 5) is 25.5. The predicted octanol–water partition coefficient (Wildman–Crippen LogP) is 4.68. The molecule has 0 saturated carbocycles. The molecule has 0 atom stereocenters. The molecule has 0 bridgehead atoms. The quantitative estimate of drug-likeness (QED) is 0.476. The normalized spacial score (nSPS) is 14.9. The molecule has 1 aliphatic rings. The molecule has 2 aromatic rings. The Morgan fingerprint density at radius 1 is 1.20 bits per heavy atom. The van der Waals surface area contributed by atoms with Gasteiger partial charge < -0.3 is 9.47 Å². The summed E-state index contributed by atoms with van der Waals surface area (Å²) in [6, 6.07) is 12.0. The van der Waals surface area contributed by atoms with Crippen LogP contribution in [-0.2, 0) is 4.79 Å². The van der Waals surface area contributed by atoms with Crippen LogP contribution in [0.25, 0.3) is 6.08 Å². The van der Waals surface area contributed by atoms with Gasteiger partial charge in [0.25, 0.3) is 11.8 Å². The number of hydrogen-bond acceptors (Lipinski definition) is 6. The molecule has 156 valence electrons. The smallest absolute Gasteiger partial charge is 0.285 e. The monoisotopic (exact) mass is 462 g/mol. The van der Waals surface area contributed by atoms with Gasteiger partial charge in [-0.2, -0.15) is 5.01 Å². The SMILES string of the molecule is CCOc1cc(/C=C2/SC(=S)N(NC(=O)c3ccccc3)C2=O)cc(Cl)c1OCC. The molecular formula is C21H19ClN2O4S2. The molecule has 30 heavy (non-hydrogen) atoms. The molecule has 1 heterocycles. The van der Waals surface area contributed by atoms with E-state index in [0.717, 1.165) is 16.8 Å². The van der Waals surface area contributed by atoms with Crippen molar-refractivity contribution in [1.82, 2.24) is 10.4 Å². The lowest BCUT2D eigenvalue weighted by Crippen LogP contribution is -2.44. The minimum absolute atomic E-state index is 0.234. The molecule has 3 rings (SSSR count). The molecule has 9 heteroatoms. The van der Waals surface area contributed by atoms with Crippen LogP contribution in [0.2, 0.25) is 5.02 Å². The fourth-order valence-corrected chi connectivity index (χ4v) is 4.14. The molecule has 0 radical (unpaired) electrons. The van der Waals surface area contributed by atoms with Crippen molar-refractivity contribution >= 4 is 57.8 Å². The third-order valence-corrected chi connectivity index (χ3v) is 5.54. The zero-order valence-electron chi connectivity index (χ0n) is 16.3. The number of carbonyl (C=O) groups excluding carboxylic acids is 2. The number of thioether (sulfide) groups is 1. The van der Waals surface area contributed by atoms with Crippen LogP contribution in [0.15, 0.2) is 47.4 Å². The molecule has 0 aromatic heterocycles. The molecule has 1 fully saturated rings. The molecule has 1 aliphatic heterocycles. The van der Waals surface area contributed by atoms with Crippen molar-refractivity contribution in [2.75, 3.05) is 13.2 Å². The van der Waals surface area contributed by atoms with Gasteiger partial charge in [0.1, 0.15) is 0 Å². The van der Waals surface area contributed by atoms with Gasteiger partial charge in [-0.05, 0) is 62.0 Å². The average Bonchev–Trinajstić information content (AvgIpc) is 2.98. The first-order valence-electron chi connectivity index (χ1n) is 9.17. The van der Waals surface area contributed by atoms with Crippen molar-refractivity contribution in [3.05, 3.63) is 63.5 Å². The molecular weight excluding hydrogens is 444 g/mol. The number of carbonyl (C=O) groups is 2. The number of ether oxygens (including phenoxy) is 2. The van der Waals surface area contributed by atoms with Gasteiger partial charge in [-0.3, -0.25) is 15.0 Å². The molecule has 1 N–H and O–H groups in total. The molecule has 1 saturated heterocycles. The maximum Gasteiger partial charge on any atom is 0.285 e. The highest BCUT2D eigenvalue weighted by Crippen LogP contribution is 2.39. The molecule has 2 amide bonds. The molecule has 2 aromatic carbocycles. The second-order valence-electron chi connectivity index (χ2n) is 6.02. The van der Waals surface area contributed by atoms with Crippen LogP contribution in [0.3, 0.4) is 0 Å². The lowest BCUT2D eigenvalue weighted by Gasteiger charge is -2.15. The van der Waals surface area contributed by atoms with Crippen LogP contribution >= 0.6 is 35.6 Å². The van der Waals surface area contributed by atoms with E-state index in [2.05, 4.69) is 5.43 Å². The highest BCUT2D eigenvalue weighted by Gasteiger charge is 2.34. The first-order valence-corrected chi connectivity index (χ1v) is 10.8. The van der Waals surface area contributed by atoms with E-state index in [1.807, 2.05) is 13.8 Å². The zero-order chi connectivity index (χ0) is 21.7. The Morgan fingerprint density at radius 3 is 2.57 bits per heavy atom. The van der Waals surface area contributed by atoms with Crippen molar-refractivity contribution in [2.45, 2.75) is 13.8 Å². The Labute approximate surface area is 189 Å². The lowest BCUT2D eigenvalue weighted by molar-refractivity contribution is -0.123. The van der Waals surface area contributed by atoms with Crippen LogP contribution < -0.4 is 14.9 Å². The fraction of sp³-hybridized carbons (Fsp3) is 0.190. The van der Waals surface area contributed by atoms with Gasteiger partial charge in [0.05, 0.1) is 23.1 Å². The zero-order valence-corrected chi connectivity index (χ0v) is 18.7. The van der Waals surface area contributed by atoms with Crippen molar-refractivity contribution in [2.24, 2.45) is 0 Å². The maximum atomic E-state index is 12.8. The second kappa shape index (κ2) is 9.97. The Bertz CT molecular complexity index is 1010. The summed E-state index contributed by atoms with van der Waals surface area (Å²) in [5.74, 6) is 0.111. The van der Waals surface area contributed by atoms with E-state index in [-0.39, 0.29) is 4.32 Å². The van der Waals surface area contributed by atoms with Crippen LogP contribution in [0.4, 0.5) is 0 Å². The number of rotatable bonds is 7. The van der Waals surface area contributed by atoms with E-state index in [4.69, 9.17) is 33.3 Å². The van der Waals surface area contributed by atoms with E-state index >= 15 is 0 Å². The van der Waals surface area contributed by atoms with Gasteiger partial charge in [0.2, 0.25) is 0 Å². The van der Waals surface area contributed by atoms with Gasteiger partial charge in [0.15, 0.2) is 15.8 Å². The minimum atomic E-state index is -0.420. The maximum absolute atomic E-state index is 12.8. The second-order valence-corrected chi connectivity index (χ2v) is 8.10. The van der Waals surface area contributed by atoms with Gasteiger partial charge in [-0.1, -0.05) is 41.6 Å². The number of hydrogen-bond donors (Lipinski definition) is 1. The van der Waals surface area contributed by atoms with Crippen LogP contribution in [0.1, 0.15) is 29.8 Å². The largest absolute Gasteiger partial charge is 0.490 e. The first-order chi connectivity index (χ1) is 14.4. The number of amides is 2. The van der Waals surface area contributed by atoms with Gasteiger partial charge in [-0.15, -0.1) is 0 Å². The van der Waals surface area contributed by atoms with E-state index in [0.29, 0.717) is 45.8 Å². The summed E-state index contributed by atoms with van der Waals surface area (Å²) in [5, 5.41) is 1.45. The lowest BCUT2D eigenvalue weighted by atomic mass is 10.2. The highest BCUT2D eigenvalue weighted by atomic mass is 35.5. The highest BCUT2D eigenvalue weighted by molar-refractivity contribution is 8.26. The third-order valence-electron chi connectivity index (χ3n) is 3.96. The molecule has 6 nitrogen and oxygen atoms in total. The van der Waals surface area contributed by atoms with Crippen molar-refractivity contribution in [3.63, 3.8) is 0 Å². The van der Waals surface area contributed by atoms with E-state index < -0.39 is 11.8 Å². The summed E-state index contributed by atoms with van der Waals surface area (Å²) >= 11 is 12.7. The van der Waals surface area contributed by atoms with Crippen molar-refractivity contribution in [3.8, 4) is 11.5 Å². The van der Waals surface area contributed by atoms with Crippen LogP contribution in [0.5, 0.6) is 11.5 Å². The predicted molar refractivity (Wildman–Crippen MR) is 123 cm³/mol. The van der Waals surface area contributed by atoms with Gasteiger partial charge in [0, 0.05) is 5.56 Å². The van der Waals surface area contributed by atoms with E-state index in [1.54, 1.807) is 48.5 Å². The number of benzene rings is 2. The summed E-state index contributed by atoms with van der Waals surface area (Å²) in [6.45, 7) is 4.60.